The van der Waals surface area contributed by atoms with Crippen LogP contribution in [0.15, 0.2) is 48.5 Å². The van der Waals surface area contributed by atoms with Gasteiger partial charge in [-0.25, -0.2) is 0 Å². The lowest BCUT2D eigenvalue weighted by Crippen LogP contribution is -2.44. The molecule has 0 atom stereocenters. The van der Waals surface area contributed by atoms with Gasteiger partial charge in [-0.05, 0) is 62.7 Å². The van der Waals surface area contributed by atoms with Gasteiger partial charge in [0.05, 0.1) is 12.2 Å². The van der Waals surface area contributed by atoms with E-state index >= 15 is 0 Å². The van der Waals surface area contributed by atoms with E-state index in [2.05, 4.69) is 41.1 Å². The van der Waals surface area contributed by atoms with Crippen LogP contribution in [0.4, 0.5) is 0 Å². The fourth-order valence-corrected chi connectivity index (χ4v) is 4.58. The molecular weight excluding hydrogens is 374 g/mol. The molecule has 0 radical (unpaired) electrons. The topological polar surface area (TPSA) is 36.0 Å². The molecular formula is C25H33N3O2. The second-order valence-electron chi connectivity index (χ2n) is 8.68. The average Bonchev–Trinajstić information content (AvgIpc) is 2.76. The average molecular weight is 408 g/mol. The van der Waals surface area contributed by atoms with E-state index in [0.29, 0.717) is 30.5 Å². The third kappa shape index (κ3) is 5.02. The molecule has 2 heterocycles. The number of amides is 1. The predicted molar refractivity (Wildman–Crippen MR) is 120 cm³/mol. The Bertz CT molecular complexity index is 861. The number of carbonyl (C=O) groups is 1. The highest BCUT2D eigenvalue weighted by molar-refractivity contribution is 5.96. The van der Waals surface area contributed by atoms with Crippen LogP contribution in [0.5, 0.6) is 5.75 Å². The highest BCUT2D eigenvalue weighted by atomic mass is 16.5. The van der Waals surface area contributed by atoms with E-state index in [1.807, 2.05) is 31.3 Å². The SMILES string of the molecule is CN1CCC(N2CCCOc3ccccc3C(=O)N(C)Cc3cccc(c3)C2)CC1. The quantitative estimate of drug-likeness (QED) is 0.723. The van der Waals surface area contributed by atoms with Crippen LogP contribution in [0.1, 0.15) is 40.7 Å². The molecule has 2 aliphatic heterocycles. The van der Waals surface area contributed by atoms with Gasteiger partial charge in [-0.1, -0.05) is 36.4 Å². The normalized spacial score (nSPS) is 20.3. The third-order valence-corrected chi connectivity index (χ3v) is 6.31. The number of piperidine rings is 1. The summed E-state index contributed by atoms with van der Waals surface area (Å²) in [7, 11) is 4.08. The summed E-state index contributed by atoms with van der Waals surface area (Å²) < 4.78 is 6.07. The zero-order valence-electron chi connectivity index (χ0n) is 18.2. The van der Waals surface area contributed by atoms with Gasteiger partial charge < -0.3 is 14.5 Å². The second kappa shape index (κ2) is 9.63. The summed E-state index contributed by atoms with van der Waals surface area (Å²) in [6.07, 6.45) is 3.39. The van der Waals surface area contributed by atoms with E-state index < -0.39 is 0 Å². The maximum Gasteiger partial charge on any atom is 0.257 e. The minimum Gasteiger partial charge on any atom is -0.493 e. The van der Waals surface area contributed by atoms with E-state index in [9.17, 15) is 4.79 Å². The number of para-hydroxylation sites is 1. The fraction of sp³-hybridized carbons (Fsp3) is 0.480. The monoisotopic (exact) mass is 407 g/mol. The van der Waals surface area contributed by atoms with Crippen LogP contribution < -0.4 is 4.74 Å². The minimum atomic E-state index is 0.000939. The number of likely N-dealkylation sites (tertiary alicyclic amines) is 1. The molecule has 30 heavy (non-hydrogen) atoms. The van der Waals surface area contributed by atoms with Crippen LogP contribution in [0.2, 0.25) is 0 Å². The Labute approximate surface area is 180 Å². The number of benzene rings is 2. The molecule has 0 aromatic heterocycles. The van der Waals surface area contributed by atoms with Gasteiger partial charge in [0.1, 0.15) is 5.75 Å². The van der Waals surface area contributed by atoms with Crippen LogP contribution in [0.3, 0.4) is 0 Å². The molecule has 0 aliphatic carbocycles. The molecule has 4 rings (SSSR count). The van der Waals surface area contributed by atoms with Gasteiger partial charge >= 0.3 is 0 Å². The standard InChI is InChI=1S/C25H33N3O2/c1-26-14-11-22(12-15-26)28-13-6-16-30-24-10-4-3-9-23(24)25(29)27(2)18-20-7-5-8-21(17-20)19-28/h3-5,7-10,17,22H,6,11-16,18-19H2,1-2H3. The Morgan fingerprint density at radius 3 is 2.43 bits per heavy atom. The molecule has 2 aromatic rings. The highest BCUT2D eigenvalue weighted by Crippen LogP contribution is 2.23. The molecule has 0 unspecified atom stereocenters. The van der Waals surface area contributed by atoms with Crippen molar-refractivity contribution in [1.29, 1.82) is 0 Å². The molecule has 1 amide bonds. The molecule has 160 valence electrons. The Balaban J connectivity index is 1.59. The number of ether oxygens (including phenoxy) is 1. The molecule has 1 fully saturated rings. The number of carbonyl (C=O) groups excluding carboxylic acids is 1. The van der Waals surface area contributed by atoms with Crippen molar-refractivity contribution < 1.29 is 9.53 Å². The summed E-state index contributed by atoms with van der Waals surface area (Å²) in [5, 5.41) is 0. The van der Waals surface area contributed by atoms with Crippen molar-refractivity contribution in [2.24, 2.45) is 0 Å². The first-order valence-corrected chi connectivity index (χ1v) is 11.1. The molecule has 0 spiro atoms. The van der Waals surface area contributed by atoms with Crippen molar-refractivity contribution in [3.8, 4) is 5.75 Å². The van der Waals surface area contributed by atoms with Crippen molar-refractivity contribution in [3.63, 3.8) is 0 Å². The highest BCUT2D eigenvalue weighted by Gasteiger charge is 2.24. The fourth-order valence-electron chi connectivity index (χ4n) is 4.58. The number of hydrogen-bond acceptors (Lipinski definition) is 4. The first-order valence-electron chi connectivity index (χ1n) is 11.1. The number of nitrogens with zero attached hydrogens (tertiary/aromatic N) is 3. The van der Waals surface area contributed by atoms with Gasteiger partial charge in [0.25, 0.3) is 5.91 Å². The third-order valence-electron chi connectivity index (χ3n) is 6.31. The lowest BCUT2D eigenvalue weighted by atomic mass is 10.0. The summed E-state index contributed by atoms with van der Waals surface area (Å²) in [6, 6.07) is 16.9. The molecule has 2 aromatic carbocycles. The predicted octanol–water partition coefficient (Wildman–Crippen LogP) is 3.64. The van der Waals surface area contributed by atoms with Crippen LogP contribution in [-0.4, -0.2) is 67.0 Å². The Morgan fingerprint density at radius 2 is 1.63 bits per heavy atom. The summed E-state index contributed by atoms with van der Waals surface area (Å²) in [5.74, 6) is 0.687. The van der Waals surface area contributed by atoms with E-state index in [1.54, 1.807) is 4.90 Å². The molecule has 0 N–H and O–H groups in total. The molecule has 1 saturated heterocycles. The zero-order valence-corrected chi connectivity index (χ0v) is 18.2. The van der Waals surface area contributed by atoms with Gasteiger partial charge in [-0.15, -0.1) is 0 Å². The molecule has 5 heteroatoms. The Hall–Kier alpha value is -2.37. The maximum absolute atomic E-state index is 13.0. The van der Waals surface area contributed by atoms with Crippen LogP contribution in [-0.2, 0) is 13.1 Å². The van der Waals surface area contributed by atoms with E-state index in [4.69, 9.17) is 4.74 Å². The summed E-state index contributed by atoms with van der Waals surface area (Å²) in [4.78, 5) is 19.9. The van der Waals surface area contributed by atoms with Gasteiger partial charge in [0.15, 0.2) is 0 Å². The summed E-state index contributed by atoms with van der Waals surface area (Å²) >= 11 is 0. The zero-order chi connectivity index (χ0) is 20.9. The van der Waals surface area contributed by atoms with Gasteiger partial charge in [0.2, 0.25) is 0 Å². The first-order chi connectivity index (χ1) is 14.6. The van der Waals surface area contributed by atoms with Crippen molar-refractivity contribution >= 4 is 5.91 Å². The lowest BCUT2D eigenvalue weighted by Gasteiger charge is -2.37. The van der Waals surface area contributed by atoms with Crippen LogP contribution >= 0.6 is 0 Å². The smallest absolute Gasteiger partial charge is 0.257 e. The van der Waals surface area contributed by atoms with Crippen molar-refractivity contribution in [3.05, 3.63) is 65.2 Å². The number of fused-ring (bicyclic) bond motifs is 3. The first kappa shape index (κ1) is 20.9. The van der Waals surface area contributed by atoms with E-state index in [1.165, 1.54) is 24.0 Å². The maximum atomic E-state index is 13.0. The number of hydrogen-bond donors (Lipinski definition) is 0. The molecule has 2 bridgehead atoms. The molecule has 2 aliphatic rings. The summed E-state index contributed by atoms with van der Waals surface area (Å²) in [5.41, 5.74) is 3.13. The van der Waals surface area contributed by atoms with Gasteiger partial charge in [-0.2, -0.15) is 0 Å². The number of rotatable bonds is 1. The largest absolute Gasteiger partial charge is 0.493 e. The Kier molecular flexibility index (Phi) is 6.70. The van der Waals surface area contributed by atoms with Crippen molar-refractivity contribution in [2.45, 2.75) is 38.4 Å². The van der Waals surface area contributed by atoms with E-state index in [0.717, 1.165) is 32.6 Å². The van der Waals surface area contributed by atoms with Gasteiger partial charge in [-0.3, -0.25) is 9.69 Å². The summed E-state index contributed by atoms with van der Waals surface area (Å²) in [6.45, 7) is 5.51. The molecule has 0 saturated carbocycles. The molecule has 5 nitrogen and oxygen atoms in total. The van der Waals surface area contributed by atoms with Crippen LogP contribution in [0, 0.1) is 0 Å². The minimum absolute atomic E-state index is 0.000939. The van der Waals surface area contributed by atoms with Gasteiger partial charge in [0, 0.05) is 32.7 Å². The van der Waals surface area contributed by atoms with Crippen molar-refractivity contribution in [2.75, 3.05) is 40.3 Å². The van der Waals surface area contributed by atoms with Crippen LogP contribution in [0.25, 0.3) is 0 Å². The van der Waals surface area contributed by atoms with E-state index in [-0.39, 0.29) is 5.91 Å². The second-order valence-corrected chi connectivity index (χ2v) is 8.68. The lowest BCUT2D eigenvalue weighted by molar-refractivity contribution is 0.0778. The van der Waals surface area contributed by atoms with Crippen molar-refractivity contribution in [1.82, 2.24) is 14.7 Å². The Morgan fingerprint density at radius 1 is 0.900 bits per heavy atom.